The van der Waals surface area contributed by atoms with Gasteiger partial charge < -0.3 is 13.7 Å². The number of benzene rings is 1. The van der Waals surface area contributed by atoms with Crippen LogP contribution in [0.15, 0.2) is 30.9 Å². The maximum absolute atomic E-state index is 12.2. The third-order valence-corrected chi connectivity index (χ3v) is 8.79. The first-order valence-electron chi connectivity index (χ1n) is 9.09. The highest BCUT2D eigenvalue weighted by Crippen LogP contribution is 2.57. The predicted molar refractivity (Wildman–Crippen MR) is 112 cm³/mol. The van der Waals surface area contributed by atoms with E-state index in [0.717, 1.165) is 25.0 Å². The normalized spacial score (nSPS) is 14.8. The third-order valence-electron chi connectivity index (χ3n) is 4.56. The van der Waals surface area contributed by atoms with Crippen LogP contribution in [0.4, 0.5) is 0 Å². The van der Waals surface area contributed by atoms with E-state index < -0.39 is 10.3 Å². The SMILES string of the molecule is C=CCCCCOC(=O)c1ccc(OS(C)(CC)C(C)(C)C)c(OC)c1. The number of carbonyl (C=O) groups excluding carboxylic acids is 1. The minimum atomic E-state index is -1.34. The van der Waals surface area contributed by atoms with Crippen LogP contribution in [0.3, 0.4) is 0 Å². The van der Waals surface area contributed by atoms with Gasteiger partial charge in [-0.3, -0.25) is 0 Å². The molecule has 0 N–H and O–H groups in total. The van der Waals surface area contributed by atoms with Gasteiger partial charge in [0.05, 0.1) is 19.3 Å². The van der Waals surface area contributed by atoms with Gasteiger partial charge in [0.15, 0.2) is 11.5 Å². The number of methoxy groups -OCH3 is 1. The minimum absolute atomic E-state index is 0.0375. The number of esters is 1. The highest BCUT2D eigenvalue weighted by molar-refractivity contribution is 8.30. The van der Waals surface area contributed by atoms with Gasteiger partial charge in [-0.15, -0.1) is 6.58 Å². The van der Waals surface area contributed by atoms with E-state index in [0.29, 0.717) is 23.7 Å². The van der Waals surface area contributed by atoms with E-state index in [1.165, 1.54) is 0 Å². The molecule has 0 aliphatic rings. The standard InChI is InChI=1S/C21H34O4S/c1-8-10-11-12-15-24-20(22)17-13-14-18(19(16-17)23-6)25-26(7,9-2)21(3,4)5/h8,13-14,16H,1,9-12,15H2,2-7H3. The van der Waals surface area contributed by atoms with Crippen molar-refractivity contribution in [2.24, 2.45) is 0 Å². The topological polar surface area (TPSA) is 44.8 Å². The van der Waals surface area contributed by atoms with Gasteiger partial charge in [0.1, 0.15) is 0 Å². The molecule has 26 heavy (non-hydrogen) atoms. The van der Waals surface area contributed by atoms with Crippen LogP contribution < -0.4 is 8.92 Å². The number of hydrogen-bond acceptors (Lipinski definition) is 4. The van der Waals surface area contributed by atoms with Crippen LogP contribution >= 0.6 is 10.3 Å². The Hall–Kier alpha value is -1.62. The summed E-state index contributed by atoms with van der Waals surface area (Å²) in [6.45, 7) is 12.8. The van der Waals surface area contributed by atoms with Crippen LogP contribution in [0, 0.1) is 0 Å². The number of hydrogen-bond donors (Lipinski definition) is 0. The lowest BCUT2D eigenvalue weighted by molar-refractivity contribution is 0.0498. The first-order valence-corrected chi connectivity index (χ1v) is 11.2. The van der Waals surface area contributed by atoms with Crippen molar-refractivity contribution in [3.05, 3.63) is 36.4 Å². The van der Waals surface area contributed by atoms with Crippen molar-refractivity contribution in [3.63, 3.8) is 0 Å². The summed E-state index contributed by atoms with van der Waals surface area (Å²) in [5.41, 5.74) is 0.474. The zero-order valence-corrected chi connectivity index (χ0v) is 17.9. The van der Waals surface area contributed by atoms with E-state index in [1.807, 2.05) is 6.08 Å². The van der Waals surface area contributed by atoms with E-state index in [2.05, 4.69) is 40.5 Å². The van der Waals surface area contributed by atoms with Crippen molar-refractivity contribution in [1.29, 1.82) is 0 Å². The quantitative estimate of drug-likeness (QED) is 0.293. The molecule has 0 aromatic heterocycles. The second-order valence-electron chi connectivity index (χ2n) is 7.28. The minimum Gasteiger partial charge on any atom is -0.493 e. The second kappa shape index (κ2) is 9.91. The van der Waals surface area contributed by atoms with Crippen molar-refractivity contribution in [1.82, 2.24) is 0 Å². The van der Waals surface area contributed by atoms with Crippen molar-refractivity contribution < 1.29 is 18.5 Å². The van der Waals surface area contributed by atoms with E-state index in [9.17, 15) is 4.79 Å². The van der Waals surface area contributed by atoms with Gasteiger partial charge in [-0.25, -0.2) is 4.79 Å². The maximum atomic E-state index is 12.2. The molecule has 5 heteroatoms. The molecule has 0 heterocycles. The molecule has 0 aliphatic carbocycles. The van der Waals surface area contributed by atoms with E-state index in [4.69, 9.17) is 13.7 Å². The van der Waals surface area contributed by atoms with Gasteiger partial charge in [-0.2, -0.15) is 0 Å². The second-order valence-corrected chi connectivity index (χ2v) is 11.3. The lowest BCUT2D eigenvalue weighted by atomic mass is 10.2. The summed E-state index contributed by atoms with van der Waals surface area (Å²) < 4.78 is 17.2. The van der Waals surface area contributed by atoms with Crippen LogP contribution in [0.2, 0.25) is 0 Å². The Bertz CT molecular complexity index is 607. The largest absolute Gasteiger partial charge is 0.493 e. The number of ether oxygens (including phenoxy) is 2. The summed E-state index contributed by atoms with van der Waals surface area (Å²) in [6, 6.07) is 5.24. The van der Waals surface area contributed by atoms with Crippen LogP contribution in [0.25, 0.3) is 0 Å². The fourth-order valence-electron chi connectivity index (χ4n) is 2.32. The Kier molecular flexibility index (Phi) is 8.54. The van der Waals surface area contributed by atoms with E-state index in [1.54, 1.807) is 25.3 Å². The number of carbonyl (C=O) groups is 1. The highest BCUT2D eigenvalue weighted by Gasteiger charge is 2.34. The molecule has 0 saturated heterocycles. The summed E-state index contributed by atoms with van der Waals surface area (Å²) in [4.78, 5) is 12.2. The Morgan fingerprint density at radius 2 is 1.92 bits per heavy atom. The van der Waals surface area contributed by atoms with Gasteiger partial charge >= 0.3 is 5.97 Å². The first-order chi connectivity index (χ1) is 12.2. The molecule has 4 nitrogen and oxygen atoms in total. The summed E-state index contributed by atoms with van der Waals surface area (Å²) >= 11 is 0. The summed E-state index contributed by atoms with van der Waals surface area (Å²) in [6.07, 6.45) is 6.79. The predicted octanol–water partition coefficient (Wildman–Crippen LogP) is 5.75. The first kappa shape index (κ1) is 22.4. The molecule has 0 aliphatic heterocycles. The number of unbranched alkanes of at least 4 members (excludes halogenated alkanes) is 2. The average molecular weight is 383 g/mol. The van der Waals surface area contributed by atoms with Gasteiger partial charge in [0, 0.05) is 10.5 Å². The molecule has 148 valence electrons. The molecule has 1 atom stereocenters. The molecule has 0 fully saturated rings. The van der Waals surface area contributed by atoms with Crippen molar-refractivity contribution in [2.45, 2.75) is 51.7 Å². The zero-order valence-electron chi connectivity index (χ0n) is 17.1. The van der Waals surface area contributed by atoms with Gasteiger partial charge in [0.2, 0.25) is 0 Å². The van der Waals surface area contributed by atoms with E-state index >= 15 is 0 Å². The van der Waals surface area contributed by atoms with Gasteiger partial charge in [0.25, 0.3) is 0 Å². The Balaban J connectivity index is 2.87. The lowest BCUT2D eigenvalue weighted by Crippen LogP contribution is -2.29. The summed E-state index contributed by atoms with van der Waals surface area (Å²) in [5, 5.41) is 0. The maximum Gasteiger partial charge on any atom is 0.338 e. The zero-order chi connectivity index (χ0) is 19.8. The molecule has 1 aromatic rings. The molecule has 0 saturated carbocycles. The molecule has 0 amide bonds. The molecule has 0 spiro atoms. The van der Waals surface area contributed by atoms with Crippen LogP contribution in [-0.4, -0.2) is 36.4 Å². The average Bonchev–Trinajstić information content (AvgIpc) is 2.60. The smallest absolute Gasteiger partial charge is 0.338 e. The van der Waals surface area contributed by atoms with Crippen LogP contribution in [-0.2, 0) is 4.74 Å². The summed E-state index contributed by atoms with van der Waals surface area (Å²) in [5.74, 6) is 1.83. The molecular formula is C21H34O4S. The molecule has 1 aromatic carbocycles. The highest BCUT2D eigenvalue weighted by atomic mass is 32.3. The molecule has 1 rings (SSSR count). The van der Waals surface area contributed by atoms with Crippen LogP contribution in [0.5, 0.6) is 11.5 Å². The Morgan fingerprint density at radius 1 is 1.23 bits per heavy atom. The molecule has 0 radical (unpaired) electrons. The monoisotopic (exact) mass is 382 g/mol. The van der Waals surface area contributed by atoms with Crippen molar-refractivity contribution in [3.8, 4) is 11.5 Å². The summed E-state index contributed by atoms with van der Waals surface area (Å²) in [7, 11) is 0.246. The van der Waals surface area contributed by atoms with Gasteiger partial charge in [-0.1, -0.05) is 23.3 Å². The van der Waals surface area contributed by atoms with Gasteiger partial charge in [-0.05, 0) is 64.5 Å². The fraction of sp³-hybridized carbons (Fsp3) is 0.571. The Morgan fingerprint density at radius 3 is 2.46 bits per heavy atom. The Labute approximate surface area is 160 Å². The molecule has 1 unspecified atom stereocenters. The van der Waals surface area contributed by atoms with Crippen molar-refractivity contribution in [2.75, 3.05) is 25.7 Å². The number of allylic oxidation sites excluding steroid dienone is 1. The fourth-order valence-corrected chi connectivity index (χ4v) is 4.09. The van der Waals surface area contributed by atoms with Crippen molar-refractivity contribution >= 4 is 16.3 Å². The molecule has 0 bridgehead atoms. The van der Waals surface area contributed by atoms with E-state index in [-0.39, 0.29) is 10.7 Å². The lowest BCUT2D eigenvalue weighted by Gasteiger charge is -2.46. The number of rotatable bonds is 10. The molecular weight excluding hydrogens is 348 g/mol. The van der Waals surface area contributed by atoms with Crippen LogP contribution in [0.1, 0.15) is 57.3 Å². The third kappa shape index (κ3) is 5.97.